The summed E-state index contributed by atoms with van der Waals surface area (Å²) in [5.41, 5.74) is 0. The fraction of sp³-hybridized carbons (Fsp3) is 1.00. The fourth-order valence-electron chi connectivity index (χ4n) is 3.44. The number of unbranched alkanes of at least 4 members (excludes halogenated alkanes) is 10. The van der Waals surface area contributed by atoms with Crippen LogP contribution >= 0.6 is 0 Å². The first kappa shape index (κ1) is 22.9. The smallest absolute Gasteiger partial charge is 0.378 e. The third-order valence-electron chi connectivity index (χ3n) is 4.93. The maximum absolute atomic E-state index is 10.3. The van der Waals surface area contributed by atoms with Gasteiger partial charge in [0.15, 0.2) is 0 Å². The molecule has 0 spiro atoms. The number of hydrogen-bond donors (Lipinski definition) is 1. The van der Waals surface area contributed by atoms with E-state index in [0.29, 0.717) is 12.5 Å². The Kier molecular flexibility index (Phi) is 13.7. The van der Waals surface area contributed by atoms with Crippen molar-refractivity contribution in [1.29, 1.82) is 0 Å². The molecule has 1 aliphatic carbocycles. The van der Waals surface area contributed by atoms with E-state index in [1.807, 2.05) is 0 Å². The van der Waals surface area contributed by atoms with Gasteiger partial charge in [0.2, 0.25) is 0 Å². The van der Waals surface area contributed by atoms with E-state index in [2.05, 4.69) is 4.18 Å². The van der Waals surface area contributed by atoms with E-state index in [1.165, 1.54) is 83.5 Å². The molecular formula is C19H38O5S. The van der Waals surface area contributed by atoms with E-state index in [1.54, 1.807) is 0 Å². The standard InChI is InChI=1S/C19H38O5S/c20-25(21,22)24-18-14-9-7-5-3-1-2-4-6-8-13-17-23-19-15-11-10-12-16-19/h19H,1-18H2,(H,20,21,22). The molecule has 0 aromatic carbocycles. The Bertz CT molecular complexity index is 391. The zero-order valence-electron chi connectivity index (χ0n) is 15.8. The summed E-state index contributed by atoms with van der Waals surface area (Å²) in [6.07, 6.45) is 20.1. The average Bonchev–Trinajstić information content (AvgIpc) is 2.58. The van der Waals surface area contributed by atoms with Gasteiger partial charge in [0.05, 0.1) is 12.7 Å². The van der Waals surface area contributed by atoms with Crippen molar-refractivity contribution in [3.63, 3.8) is 0 Å². The molecule has 6 heteroatoms. The molecule has 0 bridgehead atoms. The van der Waals surface area contributed by atoms with Crippen molar-refractivity contribution in [3.05, 3.63) is 0 Å². The first-order chi connectivity index (χ1) is 12.1. The predicted octanol–water partition coefficient (Wildman–Crippen LogP) is 5.45. The molecule has 0 saturated heterocycles. The molecule has 0 aromatic rings. The summed E-state index contributed by atoms with van der Waals surface area (Å²) in [6, 6.07) is 0. The topological polar surface area (TPSA) is 72.8 Å². The van der Waals surface area contributed by atoms with Crippen molar-refractivity contribution in [1.82, 2.24) is 0 Å². The third-order valence-corrected chi connectivity index (χ3v) is 5.39. The van der Waals surface area contributed by atoms with E-state index in [0.717, 1.165) is 19.4 Å². The molecule has 1 saturated carbocycles. The molecule has 0 radical (unpaired) electrons. The highest BCUT2D eigenvalue weighted by Gasteiger charge is 2.12. The zero-order valence-corrected chi connectivity index (χ0v) is 16.6. The van der Waals surface area contributed by atoms with Crippen LogP contribution in [-0.2, 0) is 19.3 Å². The summed E-state index contributed by atoms with van der Waals surface area (Å²) in [5.74, 6) is 0. The lowest BCUT2D eigenvalue weighted by molar-refractivity contribution is 0.0263. The molecule has 0 atom stereocenters. The Labute approximate surface area is 154 Å². The van der Waals surface area contributed by atoms with Gasteiger partial charge in [-0.15, -0.1) is 0 Å². The Morgan fingerprint density at radius 1 is 0.680 bits per heavy atom. The van der Waals surface area contributed by atoms with Crippen molar-refractivity contribution >= 4 is 10.4 Å². The molecule has 5 nitrogen and oxygen atoms in total. The highest BCUT2D eigenvalue weighted by Crippen LogP contribution is 2.20. The molecule has 1 rings (SSSR count). The van der Waals surface area contributed by atoms with Crippen molar-refractivity contribution in [3.8, 4) is 0 Å². The van der Waals surface area contributed by atoms with Gasteiger partial charge >= 0.3 is 10.4 Å². The second kappa shape index (κ2) is 14.9. The minimum atomic E-state index is -4.25. The van der Waals surface area contributed by atoms with Crippen LogP contribution < -0.4 is 0 Å². The van der Waals surface area contributed by atoms with Crippen molar-refractivity contribution < 1.29 is 21.9 Å². The summed E-state index contributed by atoms with van der Waals surface area (Å²) in [6.45, 7) is 1.04. The highest BCUT2D eigenvalue weighted by atomic mass is 32.3. The molecule has 1 fully saturated rings. The Morgan fingerprint density at radius 2 is 1.12 bits per heavy atom. The van der Waals surface area contributed by atoms with Crippen molar-refractivity contribution in [2.75, 3.05) is 13.2 Å². The van der Waals surface area contributed by atoms with Crippen molar-refractivity contribution in [2.24, 2.45) is 0 Å². The Morgan fingerprint density at radius 3 is 1.60 bits per heavy atom. The van der Waals surface area contributed by atoms with Crippen molar-refractivity contribution in [2.45, 2.75) is 109 Å². The second-order valence-corrected chi connectivity index (χ2v) is 8.36. The first-order valence-corrected chi connectivity index (χ1v) is 11.7. The first-order valence-electron chi connectivity index (χ1n) is 10.3. The lowest BCUT2D eigenvalue weighted by Gasteiger charge is -2.21. The molecule has 0 heterocycles. The van der Waals surface area contributed by atoms with E-state index in [4.69, 9.17) is 9.29 Å². The zero-order chi connectivity index (χ0) is 18.2. The molecule has 0 unspecified atom stereocenters. The van der Waals surface area contributed by atoms with Crippen LogP contribution in [0.1, 0.15) is 103 Å². The minimum Gasteiger partial charge on any atom is -0.378 e. The van der Waals surface area contributed by atoms with Gasteiger partial charge < -0.3 is 4.74 Å². The van der Waals surface area contributed by atoms with Gasteiger partial charge in [0.1, 0.15) is 0 Å². The lowest BCUT2D eigenvalue weighted by atomic mass is 9.98. The van der Waals surface area contributed by atoms with Crippen LogP contribution in [0.3, 0.4) is 0 Å². The highest BCUT2D eigenvalue weighted by molar-refractivity contribution is 7.80. The van der Waals surface area contributed by atoms with Crippen LogP contribution in [0, 0.1) is 0 Å². The number of rotatable bonds is 16. The van der Waals surface area contributed by atoms with Crippen LogP contribution in [-0.4, -0.2) is 32.3 Å². The second-order valence-electron chi connectivity index (χ2n) is 7.27. The average molecular weight is 379 g/mol. The summed E-state index contributed by atoms with van der Waals surface area (Å²) in [5, 5.41) is 0. The number of hydrogen-bond acceptors (Lipinski definition) is 4. The summed E-state index contributed by atoms with van der Waals surface area (Å²) < 4.78 is 39.3. The molecule has 1 aliphatic rings. The van der Waals surface area contributed by atoms with Gasteiger partial charge in [0.25, 0.3) is 0 Å². The van der Waals surface area contributed by atoms with Gasteiger partial charge in [-0.1, -0.05) is 77.0 Å². The van der Waals surface area contributed by atoms with E-state index in [-0.39, 0.29) is 6.61 Å². The fourth-order valence-corrected chi connectivity index (χ4v) is 3.77. The summed E-state index contributed by atoms with van der Waals surface area (Å²) in [7, 11) is -4.25. The molecule has 0 aromatic heterocycles. The number of ether oxygens (including phenoxy) is 1. The van der Waals surface area contributed by atoms with Crippen LogP contribution in [0.15, 0.2) is 0 Å². The largest absolute Gasteiger partial charge is 0.397 e. The molecule has 1 N–H and O–H groups in total. The van der Waals surface area contributed by atoms with Gasteiger partial charge in [-0.2, -0.15) is 8.42 Å². The normalized spacial score (nSPS) is 16.4. The Hall–Kier alpha value is -0.170. The predicted molar refractivity (Wildman–Crippen MR) is 101 cm³/mol. The summed E-state index contributed by atoms with van der Waals surface area (Å²) in [4.78, 5) is 0. The van der Waals surface area contributed by atoms with Gasteiger partial charge in [0, 0.05) is 6.61 Å². The minimum absolute atomic E-state index is 0.0866. The van der Waals surface area contributed by atoms with Gasteiger partial charge in [-0.05, 0) is 25.7 Å². The molecule has 150 valence electrons. The van der Waals surface area contributed by atoms with E-state index < -0.39 is 10.4 Å². The van der Waals surface area contributed by atoms with E-state index >= 15 is 0 Å². The quantitative estimate of drug-likeness (QED) is 0.286. The lowest BCUT2D eigenvalue weighted by Crippen LogP contribution is -2.17. The van der Waals surface area contributed by atoms with Crippen LogP contribution in [0.4, 0.5) is 0 Å². The monoisotopic (exact) mass is 378 g/mol. The summed E-state index contributed by atoms with van der Waals surface area (Å²) >= 11 is 0. The van der Waals surface area contributed by atoms with Crippen LogP contribution in [0.5, 0.6) is 0 Å². The molecule has 0 aliphatic heterocycles. The maximum atomic E-state index is 10.3. The van der Waals surface area contributed by atoms with Gasteiger partial charge in [-0.3, -0.25) is 4.55 Å². The SMILES string of the molecule is O=S(=O)(O)OCCCCCCCCCCCCCOC1CCCCC1. The van der Waals surface area contributed by atoms with Crippen LogP contribution in [0.25, 0.3) is 0 Å². The Balaban J connectivity index is 1.70. The van der Waals surface area contributed by atoms with Crippen LogP contribution in [0.2, 0.25) is 0 Å². The molecule has 25 heavy (non-hydrogen) atoms. The molecule has 0 amide bonds. The molecular weight excluding hydrogens is 340 g/mol. The third kappa shape index (κ3) is 15.8. The van der Waals surface area contributed by atoms with Gasteiger partial charge in [-0.25, -0.2) is 4.18 Å². The van der Waals surface area contributed by atoms with E-state index in [9.17, 15) is 8.42 Å². The maximum Gasteiger partial charge on any atom is 0.397 e.